The van der Waals surface area contributed by atoms with Crippen molar-refractivity contribution >= 4 is 6.08 Å². The Morgan fingerprint density at radius 3 is 2.88 bits per heavy atom. The van der Waals surface area contributed by atoms with Gasteiger partial charge in [0.1, 0.15) is 0 Å². The van der Waals surface area contributed by atoms with Crippen molar-refractivity contribution in [1.29, 1.82) is 0 Å². The summed E-state index contributed by atoms with van der Waals surface area (Å²) in [7, 11) is 0. The molecular weight excluding hydrogens is 102 g/mol. The Kier molecular flexibility index (Phi) is 3.81. The Morgan fingerprint density at radius 1 is 1.88 bits per heavy atom. The summed E-state index contributed by atoms with van der Waals surface area (Å²) in [5, 5.41) is 0. The van der Waals surface area contributed by atoms with Crippen molar-refractivity contribution in [2.24, 2.45) is 4.99 Å². The van der Waals surface area contributed by atoms with Gasteiger partial charge in [0.05, 0.1) is 0 Å². The van der Waals surface area contributed by atoms with Crippen molar-refractivity contribution in [3.05, 3.63) is 11.8 Å². The van der Waals surface area contributed by atoms with Gasteiger partial charge in [-0.25, -0.2) is 4.79 Å². The molecule has 44 valence electrons. The average molecular weight is 111 g/mol. The van der Waals surface area contributed by atoms with Crippen molar-refractivity contribution < 1.29 is 4.79 Å². The van der Waals surface area contributed by atoms with Gasteiger partial charge in [-0.3, -0.25) is 0 Å². The number of nitrogens with zero attached hydrogens (tertiary/aromatic N) is 1. The molecular formula is C6H9NO. The van der Waals surface area contributed by atoms with Crippen LogP contribution < -0.4 is 0 Å². The fourth-order valence-corrected chi connectivity index (χ4v) is 0.228. The first kappa shape index (κ1) is 7.12. The number of allylic oxidation sites excluding steroid dienone is 1. The third-order valence-electron chi connectivity index (χ3n) is 0.895. The van der Waals surface area contributed by atoms with Gasteiger partial charge in [-0.05, 0) is 13.3 Å². The van der Waals surface area contributed by atoms with Gasteiger partial charge in [0.25, 0.3) is 0 Å². The fourth-order valence-electron chi connectivity index (χ4n) is 0.228. The van der Waals surface area contributed by atoms with Gasteiger partial charge in [0.2, 0.25) is 6.08 Å². The van der Waals surface area contributed by atoms with Gasteiger partial charge in [0.15, 0.2) is 0 Å². The largest absolute Gasteiger partial charge is 0.239 e. The maximum atomic E-state index is 9.49. The van der Waals surface area contributed by atoms with Crippen LogP contribution in [0.4, 0.5) is 0 Å². The molecule has 0 aromatic heterocycles. The van der Waals surface area contributed by atoms with Crippen LogP contribution in [0, 0.1) is 0 Å². The Morgan fingerprint density at radius 2 is 2.50 bits per heavy atom. The molecule has 0 saturated carbocycles. The predicted octanol–water partition coefficient (Wildman–Crippen LogP) is 1.64. The molecule has 0 fully saturated rings. The van der Waals surface area contributed by atoms with Crippen molar-refractivity contribution in [2.45, 2.75) is 20.3 Å². The summed E-state index contributed by atoms with van der Waals surface area (Å²) in [5.41, 5.74) is 1.09. The minimum Gasteiger partial charge on any atom is -0.211 e. The molecule has 0 N–H and O–H groups in total. The quantitative estimate of drug-likeness (QED) is 0.393. The number of rotatable bonds is 2. The smallest absolute Gasteiger partial charge is 0.211 e. The van der Waals surface area contributed by atoms with E-state index in [9.17, 15) is 4.79 Å². The van der Waals surface area contributed by atoms with Crippen LogP contribution in [-0.2, 0) is 4.79 Å². The molecule has 0 heterocycles. The number of carbonyl (C=O) groups excluding carboxylic acids is 1. The second kappa shape index (κ2) is 4.28. The average Bonchev–Trinajstić information content (AvgIpc) is 1.83. The summed E-state index contributed by atoms with van der Waals surface area (Å²) >= 11 is 0. The first-order chi connectivity index (χ1) is 3.81. The van der Waals surface area contributed by atoms with E-state index in [4.69, 9.17) is 0 Å². The van der Waals surface area contributed by atoms with Crippen molar-refractivity contribution in [3.8, 4) is 0 Å². The van der Waals surface area contributed by atoms with E-state index in [1.165, 1.54) is 12.3 Å². The van der Waals surface area contributed by atoms with Crippen LogP contribution in [0.3, 0.4) is 0 Å². The van der Waals surface area contributed by atoms with Crippen LogP contribution in [0.1, 0.15) is 20.3 Å². The third-order valence-corrected chi connectivity index (χ3v) is 0.895. The van der Waals surface area contributed by atoms with Crippen LogP contribution in [0.5, 0.6) is 0 Å². The van der Waals surface area contributed by atoms with Gasteiger partial charge in [0, 0.05) is 6.20 Å². The molecule has 0 spiro atoms. The lowest BCUT2D eigenvalue weighted by atomic mass is 10.3. The summed E-state index contributed by atoms with van der Waals surface area (Å²) in [6.45, 7) is 3.92. The second-order valence-electron chi connectivity index (χ2n) is 1.55. The van der Waals surface area contributed by atoms with Crippen LogP contribution >= 0.6 is 0 Å². The molecule has 0 aromatic carbocycles. The maximum Gasteiger partial charge on any atom is 0.239 e. The van der Waals surface area contributed by atoms with E-state index in [0.29, 0.717) is 0 Å². The number of hydrogen-bond acceptors (Lipinski definition) is 2. The molecule has 0 aliphatic carbocycles. The van der Waals surface area contributed by atoms with E-state index in [0.717, 1.165) is 12.0 Å². The summed E-state index contributed by atoms with van der Waals surface area (Å²) in [6, 6.07) is 0. The highest BCUT2D eigenvalue weighted by molar-refractivity contribution is 5.34. The Labute approximate surface area is 48.9 Å². The lowest BCUT2D eigenvalue weighted by Gasteiger charge is -1.84. The zero-order valence-corrected chi connectivity index (χ0v) is 5.14. The monoisotopic (exact) mass is 111 g/mol. The first-order valence-electron chi connectivity index (χ1n) is 2.54. The number of isocyanates is 1. The molecule has 0 saturated heterocycles. The standard InChI is InChI=1S/C6H9NO/c1-3-6(2)4-7-5-8/h4H,3H2,1-2H3. The summed E-state index contributed by atoms with van der Waals surface area (Å²) < 4.78 is 0. The molecule has 0 rings (SSSR count). The minimum absolute atomic E-state index is 0.936. The molecule has 2 nitrogen and oxygen atoms in total. The molecule has 0 aliphatic heterocycles. The molecule has 0 bridgehead atoms. The lowest BCUT2D eigenvalue weighted by molar-refractivity contribution is 0.565. The normalized spacial score (nSPS) is 10.5. The molecule has 8 heavy (non-hydrogen) atoms. The van der Waals surface area contributed by atoms with E-state index in [-0.39, 0.29) is 0 Å². The molecule has 0 aliphatic rings. The van der Waals surface area contributed by atoms with Gasteiger partial charge in [-0.2, -0.15) is 4.99 Å². The summed E-state index contributed by atoms with van der Waals surface area (Å²) in [5.74, 6) is 0. The van der Waals surface area contributed by atoms with E-state index in [1.807, 2.05) is 13.8 Å². The van der Waals surface area contributed by atoms with Gasteiger partial charge in [-0.15, -0.1) is 0 Å². The topological polar surface area (TPSA) is 29.4 Å². The highest BCUT2D eigenvalue weighted by Gasteiger charge is 1.77. The van der Waals surface area contributed by atoms with E-state index >= 15 is 0 Å². The van der Waals surface area contributed by atoms with Crippen molar-refractivity contribution in [2.75, 3.05) is 0 Å². The second-order valence-corrected chi connectivity index (χ2v) is 1.55. The maximum absolute atomic E-state index is 9.49. The molecule has 0 radical (unpaired) electrons. The van der Waals surface area contributed by atoms with Crippen molar-refractivity contribution in [3.63, 3.8) is 0 Å². The first-order valence-corrected chi connectivity index (χ1v) is 2.54. The van der Waals surface area contributed by atoms with Crippen LogP contribution in [0.2, 0.25) is 0 Å². The highest BCUT2D eigenvalue weighted by atomic mass is 16.1. The Bertz CT molecular complexity index is 131. The molecule has 0 amide bonds. The van der Waals surface area contributed by atoms with E-state index in [1.54, 1.807) is 0 Å². The zero-order chi connectivity index (χ0) is 6.41. The molecule has 2 heteroatoms. The number of hydrogen-bond donors (Lipinski definition) is 0. The van der Waals surface area contributed by atoms with Crippen molar-refractivity contribution in [1.82, 2.24) is 0 Å². The molecule has 0 aromatic rings. The highest BCUT2D eigenvalue weighted by Crippen LogP contribution is 1.95. The van der Waals surface area contributed by atoms with Crippen LogP contribution in [0.25, 0.3) is 0 Å². The van der Waals surface area contributed by atoms with Gasteiger partial charge >= 0.3 is 0 Å². The van der Waals surface area contributed by atoms with Crippen LogP contribution in [-0.4, -0.2) is 6.08 Å². The zero-order valence-electron chi connectivity index (χ0n) is 5.14. The number of aliphatic imine (C=N–C) groups is 1. The fraction of sp³-hybridized carbons (Fsp3) is 0.500. The van der Waals surface area contributed by atoms with Gasteiger partial charge in [-0.1, -0.05) is 12.5 Å². The minimum atomic E-state index is 0.936. The predicted molar refractivity (Wildman–Crippen MR) is 32.2 cm³/mol. The summed E-state index contributed by atoms with van der Waals surface area (Å²) in [4.78, 5) is 12.8. The Balaban J connectivity index is 3.74. The third kappa shape index (κ3) is 3.32. The molecule has 0 atom stereocenters. The molecule has 0 unspecified atom stereocenters. The van der Waals surface area contributed by atoms with E-state index in [2.05, 4.69) is 4.99 Å². The van der Waals surface area contributed by atoms with Crippen LogP contribution in [0.15, 0.2) is 16.8 Å². The van der Waals surface area contributed by atoms with E-state index < -0.39 is 0 Å². The lowest BCUT2D eigenvalue weighted by Crippen LogP contribution is -1.66. The SMILES string of the molecule is CCC(C)=CN=C=O. The summed E-state index contributed by atoms with van der Waals surface area (Å²) in [6.07, 6.45) is 3.89. The van der Waals surface area contributed by atoms with Gasteiger partial charge < -0.3 is 0 Å². The Hall–Kier alpha value is -0.880.